The van der Waals surface area contributed by atoms with Gasteiger partial charge < -0.3 is 0 Å². The number of aryl methyl sites for hydroxylation is 1. The van der Waals surface area contributed by atoms with E-state index >= 15 is 0 Å². The van der Waals surface area contributed by atoms with Crippen molar-refractivity contribution in [1.82, 2.24) is 0 Å². The minimum atomic E-state index is 0.572. The summed E-state index contributed by atoms with van der Waals surface area (Å²) < 4.78 is 0. The van der Waals surface area contributed by atoms with E-state index in [0.717, 1.165) is 11.8 Å². The van der Waals surface area contributed by atoms with Crippen molar-refractivity contribution in [2.45, 2.75) is 32.6 Å². The summed E-state index contributed by atoms with van der Waals surface area (Å²) in [6.45, 7) is 2.16. The summed E-state index contributed by atoms with van der Waals surface area (Å²) in [7, 11) is 0. The largest absolute Gasteiger partial charge is 0.0922 e. The lowest BCUT2D eigenvalue weighted by molar-refractivity contribution is 0.308. The van der Waals surface area contributed by atoms with Gasteiger partial charge in [-0.3, -0.25) is 0 Å². The summed E-state index contributed by atoms with van der Waals surface area (Å²) >= 11 is 3.75. The fraction of sp³-hybridized carbons (Fsp3) is 0.600. The lowest BCUT2D eigenvalue weighted by atomic mass is 9.79. The molecule has 0 amide bonds. The van der Waals surface area contributed by atoms with Gasteiger partial charge in [-0.2, -0.15) is 0 Å². The van der Waals surface area contributed by atoms with Gasteiger partial charge in [0.25, 0.3) is 0 Å². The predicted octanol–water partition coefficient (Wildman–Crippen LogP) is 4.35. The Morgan fingerprint density at radius 3 is 2.38 bits per heavy atom. The van der Waals surface area contributed by atoms with Crippen molar-refractivity contribution in [3.8, 4) is 0 Å². The van der Waals surface area contributed by atoms with Gasteiger partial charge in [-0.15, -0.1) is 0 Å². The molecule has 1 heteroatoms. The van der Waals surface area contributed by atoms with Crippen molar-refractivity contribution in [3.05, 3.63) is 35.4 Å². The highest BCUT2D eigenvalue weighted by molar-refractivity contribution is 9.09. The third kappa shape index (κ3) is 1.95. The Balaban J connectivity index is 1.75. The Morgan fingerprint density at radius 1 is 1.19 bits per heavy atom. The van der Waals surface area contributed by atoms with Gasteiger partial charge in [-0.1, -0.05) is 45.8 Å². The SMILES string of the molecule is Cc1ccc(CC2(CBr)CC3CC3C2)cc1. The number of rotatable bonds is 3. The quantitative estimate of drug-likeness (QED) is 0.722. The van der Waals surface area contributed by atoms with Crippen LogP contribution in [0.4, 0.5) is 0 Å². The van der Waals surface area contributed by atoms with E-state index in [1.54, 1.807) is 0 Å². The summed E-state index contributed by atoms with van der Waals surface area (Å²) in [4.78, 5) is 0. The highest BCUT2D eigenvalue weighted by Gasteiger charge is 2.52. The van der Waals surface area contributed by atoms with Crippen LogP contribution in [0, 0.1) is 24.2 Å². The van der Waals surface area contributed by atoms with Crippen LogP contribution >= 0.6 is 15.9 Å². The Hall–Kier alpha value is -0.300. The highest BCUT2D eigenvalue weighted by Crippen LogP contribution is 2.61. The molecule has 0 saturated heterocycles. The zero-order chi connectivity index (χ0) is 11.2. The standard InChI is InChI=1S/C15H19Br/c1-11-2-4-12(5-3-11)7-15(10-16)8-13-6-14(13)9-15/h2-5,13-14H,6-10H2,1H3. The lowest BCUT2D eigenvalue weighted by Crippen LogP contribution is -2.23. The average Bonchev–Trinajstić information content (AvgIpc) is 2.91. The van der Waals surface area contributed by atoms with E-state index in [0.29, 0.717) is 5.41 Å². The molecule has 0 nitrogen and oxygen atoms in total. The van der Waals surface area contributed by atoms with Crippen LogP contribution in [0.2, 0.25) is 0 Å². The molecule has 0 N–H and O–H groups in total. The molecule has 86 valence electrons. The molecule has 0 aliphatic heterocycles. The van der Waals surface area contributed by atoms with Crippen LogP contribution in [0.25, 0.3) is 0 Å². The molecule has 1 aromatic carbocycles. The normalized spacial score (nSPS) is 36.1. The van der Waals surface area contributed by atoms with Crippen molar-refractivity contribution in [2.24, 2.45) is 17.3 Å². The van der Waals surface area contributed by atoms with E-state index in [4.69, 9.17) is 0 Å². The van der Waals surface area contributed by atoms with E-state index < -0.39 is 0 Å². The van der Waals surface area contributed by atoms with E-state index in [-0.39, 0.29) is 0 Å². The maximum atomic E-state index is 3.75. The molecule has 16 heavy (non-hydrogen) atoms. The van der Waals surface area contributed by atoms with Gasteiger partial charge in [0, 0.05) is 5.33 Å². The Morgan fingerprint density at radius 2 is 1.81 bits per heavy atom. The van der Waals surface area contributed by atoms with Gasteiger partial charge in [0.1, 0.15) is 0 Å². The Labute approximate surface area is 107 Å². The molecule has 0 spiro atoms. The molecule has 2 saturated carbocycles. The number of halogens is 1. The van der Waals surface area contributed by atoms with Crippen molar-refractivity contribution in [3.63, 3.8) is 0 Å². The molecule has 0 radical (unpaired) electrons. The molecule has 2 aliphatic carbocycles. The molecule has 2 atom stereocenters. The molecule has 0 bridgehead atoms. The molecule has 2 aliphatic rings. The van der Waals surface area contributed by atoms with E-state index in [1.807, 2.05) is 0 Å². The second-order valence-electron chi connectivity index (χ2n) is 5.96. The van der Waals surface area contributed by atoms with Crippen LogP contribution in [0.5, 0.6) is 0 Å². The molecule has 2 fully saturated rings. The second kappa shape index (κ2) is 3.87. The smallest absolute Gasteiger partial charge is 0.00913 e. The predicted molar refractivity (Wildman–Crippen MR) is 71.9 cm³/mol. The average molecular weight is 279 g/mol. The van der Waals surface area contributed by atoms with Gasteiger partial charge >= 0.3 is 0 Å². The Kier molecular flexibility index (Phi) is 2.62. The van der Waals surface area contributed by atoms with Gasteiger partial charge in [0.05, 0.1) is 0 Å². The number of benzene rings is 1. The molecule has 0 aromatic heterocycles. The van der Waals surface area contributed by atoms with Crippen molar-refractivity contribution in [1.29, 1.82) is 0 Å². The first-order valence-corrected chi connectivity index (χ1v) is 7.44. The summed E-state index contributed by atoms with van der Waals surface area (Å²) in [5.74, 6) is 2.14. The Bertz CT molecular complexity index is 369. The minimum absolute atomic E-state index is 0.572. The summed E-state index contributed by atoms with van der Waals surface area (Å²) in [6, 6.07) is 9.10. The maximum Gasteiger partial charge on any atom is 0.00913 e. The molecule has 0 heterocycles. The van der Waals surface area contributed by atoms with Crippen molar-refractivity contribution < 1.29 is 0 Å². The zero-order valence-corrected chi connectivity index (χ0v) is 11.5. The molecular weight excluding hydrogens is 260 g/mol. The van der Waals surface area contributed by atoms with E-state index in [1.165, 1.54) is 42.1 Å². The first kappa shape index (κ1) is 10.8. The van der Waals surface area contributed by atoms with Crippen LogP contribution in [-0.2, 0) is 6.42 Å². The van der Waals surface area contributed by atoms with Crippen LogP contribution in [0.15, 0.2) is 24.3 Å². The van der Waals surface area contributed by atoms with Crippen molar-refractivity contribution in [2.75, 3.05) is 5.33 Å². The van der Waals surface area contributed by atoms with Crippen LogP contribution < -0.4 is 0 Å². The topological polar surface area (TPSA) is 0 Å². The summed E-state index contributed by atoms with van der Waals surface area (Å²) in [5.41, 5.74) is 3.46. The van der Waals surface area contributed by atoms with E-state index in [9.17, 15) is 0 Å². The molecular formula is C15H19Br. The van der Waals surface area contributed by atoms with Gasteiger partial charge in [-0.05, 0) is 55.4 Å². The summed E-state index contributed by atoms with van der Waals surface area (Å²) in [5, 5.41) is 1.18. The van der Waals surface area contributed by atoms with Crippen LogP contribution in [0.1, 0.15) is 30.4 Å². The molecule has 3 rings (SSSR count). The van der Waals surface area contributed by atoms with Gasteiger partial charge in [0.15, 0.2) is 0 Å². The fourth-order valence-corrected chi connectivity index (χ4v) is 4.10. The monoisotopic (exact) mass is 278 g/mol. The maximum absolute atomic E-state index is 3.75. The van der Waals surface area contributed by atoms with Gasteiger partial charge in [-0.25, -0.2) is 0 Å². The first-order valence-electron chi connectivity index (χ1n) is 6.32. The number of fused-ring (bicyclic) bond motifs is 1. The number of hydrogen-bond donors (Lipinski definition) is 0. The van der Waals surface area contributed by atoms with Crippen molar-refractivity contribution >= 4 is 15.9 Å². The first-order chi connectivity index (χ1) is 7.71. The number of hydrogen-bond acceptors (Lipinski definition) is 0. The molecule has 2 unspecified atom stereocenters. The minimum Gasteiger partial charge on any atom is -0.0922 e. The number of alkyl halides is 1. The lowest BCUT2D eigenvalue weighted by Gasteiger charge is -2.28. The third-order valence-electron chi connectivity index (χ3n) is 4.44. The summed E-state index contributed by atoms with van der Waals surface area (Å²) in [6.07, 6.45) is 5.70. The van der Waals surface area contributed by atoms with E-state index in [2.05, 4.69) is 47.1 Å². The third-order valence-corrected chi connectivity index (χ3v) is 5.63. The fourth-order valence-electron chi connectivity index (χ4n) is 3.45. The highest BCUT2D eigenvalue weighted by atomic mass is 79.9. The second-order valence-corrected chi connectivity index (χ2v) is 6.52. The van der Waals surface area contributed by atoms with Crippen LogP contribution in [-0.4, -0.2) is 5.33 Å². The van der Waals surface area contributed by atoms with Gasteiger partial charge in [0.2, 0.25) is 0 Å². The van der Waals surface area contributed by atoms with Crippen LogP contribution in [0.3, 0.4) is 0 Å². The zero-order valence-electron chi connectivity index (χ0n) is 9.88. The molecule has 1 aromatic rings.